The summed E-state index contributed by atoms with van der Waals surface area (Å²) >= 11 is 3.29. The van der Waals surface area contributed by atoms with E-state index in [0.29, 0.717) is 0 Å². The Hall–Kier alpha value is -1.03. The Morgan fingerprint density at radius 3 is 2.91 bits per heavy atom. The fraction of sp³-hybridized carbons (Fsp3) is 0. The number of aromatic amines is 2. The van der Waals surface area contributed by atoms with E-state index in [0.717, 1.165) is 16.1 Å². The molecule has 56 valence electrons. The summed E-state index contributed by atoms with van der Waals surface area (Å²) in [6.07, 6.45) is 3.60. The molecule has 0 aliphatic carbocycles. The molecule has 0 aromatic carbocycles. The number of H-pyrrole nitrogens is 2. The maximum atomic E-state index is 4.12. The van der Waals surface area contributed by atoms with Crippen LogP contribution >= 0.6 is 15.9 Å². The smallest absolute Gasteiger partial charge is 0.154 e. The van der Waals surface area contributed by atoms with Gasteiger partial charge in [-0.2, -0.15) is 0 Å². The van der Waals surface area contributed by atoms with Gasteiger partial charge in [0.1, 0.15) is 4.60 Å². The standard InChI is InChI=1S/C7H6BrN3/c8-6-4-10-7(11-6)5-2-1-3-9-5/h1-4,9H,(H,10,11). The van der Waals surface area contributed by atoms with Crippen LogP contribution in [0, 0.1) is 0 Å². The van der Waals surface area contributed by atoms with Crippen molar-refractivity contribution in [1.82, 2.24) is 15.0 Å². The Bertz CT molecular complexity index is 336. The minimum absolute atomic E-state index is 0.849. The number of nitrogens with one attached hydrogen (secondary N) is 2. The molecule has 2 heterocycles. The fourth-order valence-electron chi connectivity index (χ4n) is 0.913. The van der Waals surface area contributed by atoms with Gasteiger partial charge < -0.3 is 9.97 Å². The van der Waals surface area contributed by atoms with E-state index in [2.05, 4.69) is 30.9 Å². The summed E-state index contributed by atoms with van der Waals surface area (Å²) in [6, 6.07) is 3.90. The van der Waals surface area contributed by atoms with Gasteiger partial charge in [-0.05, 0) is 28.1 Å². The maximum Gasteiger partial charge on any atom is 0.154 e. The van der Waals surface area contributed by atoms with Gasteiger partial charge in [-0.1, -0.05) is 0 Å². The Morgan fingerprint density at radius 1 is 1.45 bits per heavy atom. The summed E-state index contributed by atoms with van der Waals surface area (Å²) in [5.74, 6) is 0.849. The van der Waals surface area contributed by atoms with Crippen molar-refractivity contribution in [2.75, 3.05) is 0 Å². The highest BCUT2D eigenvalue weighted by Gasteiger charge is 2.00. The first-order chi connectivity index (χ1) is 5.36. The first-order valence-corrected chi connectivity index (χ1v) is 4.00. The topological polar surface area (TPSA) is 44.5 Å². The lowest BCUT2D eigenvalue weighted by Crippen LogP contribution is -1.77. The lowest BCUT2D eigenvalue weighted by atomic mass is 10.4. The van der Waals surface area contributed by atoms with Crippen molar-refractivity contribution in [3.63, 3.8) is 0 Å². The van der Waals surface area contributed by atoms with E-state index in [-0.39, 0.29) is 0 Å². The van der Waals surface area contributed by atoms with Crippen LogP contribution in [0.1, 0.15) is 0 Å². The lowest BCUT2D eigenvalue weighted by molar-refractivity contribution is 1.25. The van der Waals surface area contributed by atoms with Crippen LogP contribution in [0.15, 0.2) is 29.1 Å². The molecule has 0 radical (unpaired) electrons. The highest BCUT2D eigenvalue weighted by Crippen LogP contribution is 2.14. The molecule has 0 unspecified atom stereocenters. The van der Waals surface area contributed by atoms with Crippen molar-refractivity contribution in [2.45, 2.75) is 0 Å². The van der Waals surface area contributed by atoms with Gasteiger partial charge in [0.15, 0.2) is 5.82 Å². The van der Waals surface area contributed by atoms with E-state index in [1.54, 1.807) is 6.20 Å². The molecule has 2 aromatic rings. The van der Waals surface area contributed by atoms with Gasteiger partial charge in [-0.15, -0.1) is 0 Å². The molecule has 0 fully saturated rings. The highest BCUT2D eigenvalue weighted by molar-refractivity contribution is 9.10. The summed E-state index contributed by atoms with van der Waals surface area (Å²) in [5.41, 5.74) is 0.996. The fourth-order valence-corrected chi connectivity index (χ4v) is 1.20. The monoisotopic (exact) mass is 211 g/mol. The summed E-state index contributed by atoms with van der Waals surface area (Å²) in [6.45, 7) is 0. The lowest BCUT2D eigenvalue weighted by Gasteiger charge is -1.87. The third kappa shape index (κ3) is 1.21. The van der Waals surface area contributed by atoms with Crippen LogP contribution in [-0.4, -0.2) is 15.0 Å². The molecule has 2 N–H and O–H groups in total. The molecule has 0 aliphatic heterocycles. The van der Waals surface area contributed by atoms with Crippen LogP contribution in [-0.2, 0) is 0 Å². The molecule has 0 atom stereocenters. The van der Waals surface area contributed by atoms with E-state index in [9.17, 15) is 0 Å². The van der Waals surface area contributed by atoms with Gasteiger partial charge in [0, 0.05) is 6.20 Å². The van der Waals surface area contributed by atoms with E-state index < -0.39 is 0 Å². The van der Waals surface area contributed by atoms with E-state index in [1.165, 1.54) is 0 Å². The van der Waals surface area contributed by atoms with Gasteiger partial charge >= 0.3 is 0 Å². The van der Waals surface area contributed by atoms with Crippen LogP contribution in [0.3, 0.4) is 0 Å². The molecule has 0 amide bonds. The molecule has 3 nitrogen and oxygen atoms in total. The van der Waals surface area contributed by atoms with Gasteiger partial charge in [0.25, 0.3) is 0 Å². The average Bonchev–Trinajstić information content (AvgIpc) is 2.55. The highest BCUT2D eigenvalue weighted by atomic mass is 79.9. The summed E-state index contributed by atoms with van der Waals surface area (Å²) in [5, 5.41) is 0. The zero-order valence-corrected chi connectivity index (χ0v) is 7.22. The molecule has 4 heteroatoms. The molecule has 0 aliphatic rings. The predicted octanol–water partition coefficient (Wildman–Crippen LogP) is 2.17. The minimum atomic E-state index is 0.849. The van der Waals surface area contributed by atoms with E-state index in [1.807, 2.05) is 18.3 Å². The SMILES string of the molecule is Brc1cnc(-c2ccc[nH]2)[nH]1. The summed E-state index contributed by atoms with van der Waals surface area (Å²) in [7, 11) is 0. The third-order valence-corrected chi connectivity index (χ3v) is 1.80. The Balaban J connectivity index is 2.45. The second-order valence-electron chi connectivity index (χ2n) is 2.16. The second kappa shape index (κ2) is 2.54. The quantitative estimate of drug-likeness (QED) is 0.747. The van der Waals surface area contributed by atoms with Crippen LogP contribution < -0.4 is 0 Å². The van der Waals surface area contributed by atoms with Crippen LogP contribution in [0.4, 0.5) is 0 Å². The van der Waals surface area contributed by atoms with E-state index in [4.69, 9.17) is 0 Å². The molecule has 0 bridgehead atoms. The summed E-state index contributed by atoms with van der Waals surface area (Å²) in [4.78, 5) is 10.2. The van der Waals surface area contributed by atoms with Crippen molar-refractivity contribution in [2.24, 2.45) is 0 Å². The zero-order valence-electron chi connectivity index (χ0n) is 5.63. The Labute approximate surface area is 72.0 Å². The Morgan fingerprint density at radius 2 is 2.36 bits per heavy atom. The van der Waals surface area contributed by atoms with Crippen molar-refractivity contribution < 1.29 is 0 Å². The van der Waals surface area contributed by atoms with Gasteiger partial charge in [0.05, 0.1) is 11.9 Å². The first kappa shape index (κ1) is 6.67. The molecular weight excluding hydrogens is 206 g/mol. The molecule has 0 spiro atoms. The minimum Gasteiger partial charge on any atom is -0.359 e. The molecule has 2 aromatic heterocycles. The van der Waals surface area contributed by atoms with E-state index >= 15 is 0 Å². The third-order valence-electron chi connectivity index (χ3n) is 1.40. The normalized spacial score (nSPS) is 10.3. The van der Waals surface area contributed by atoms with Gasteiger partial charge in [-0.25, -0.2) is 4.98 Å². The average molecular weight is 212 g/mol. The van der Waals surface area contributed by atoms with Gasteiger partial charge in [0.2, 0.25) is 0 Å². The Kier molecular flexibility index (Phi) is 1.54. The molecule has 0 saturated heterocycles. The number of nitrogens with zero attached hydrogens (tertiary/aromatic N) is 1. The molecule has 11 heavy (non-hydrogen) atoms. The number of aromatic nitrogens is 3. The van der Waals surface area contributed by atoms with Crippen LogP contribution in [0.25, 0.3) is 11.5 Å². The van der Waals surface area contributed by atoms with Crippen molar-refractivity contribution in [3.05, 3.63) is 29.1 Å². The van der Waals surface area contributed by atoms with Crippen molar-refractivity contribution >= 4 is 15.9 Å². The van der Waals surface area contributed by atoms with Gasteiger partial charge in [-0.3, -0.25) is 0 Å². The van der Waals surface area contributed by atoms with Crippen molar-refractivity contribution in [3.8, 4) is 11.5 Å². The number of hydrogen-bond donors (Lipinski definition) is 2. The zero-order chi connectivity index (χ0) is 7.68. The molecular formula is C7H6BrN3. The predicted molar refractivity (Wildman–Crippen MR) is 46.1 cm³/mol. The number of hydrogen-bond acceptors (Lipinski definition) is 1. The van der Waals surface area contributed by atoms with Crippen LogP contribution in [0.2, 0.25) is 0 Å². The number of halogens is 1. The molecule has 2 rings (SSSR count). The number of rotatable bonds is 1. The molecule has 0 saturated carbocycles. The summed E-state index contributed by atoms with van der Waals surface area (Å²) < 4.78 is 0.891. The number of imidazole rings is 1. The van der Waals surface area contributed by atoms with Crippen LogP contribution in [0.5, 0.6) is 0 Å². The first-order valence-electron chi connectivity index (χ1n) is 3.20. The largest absolute Gasteiger partial charge is 0.359 e. The second-order valence-corrected chi connectivity index (χ2v) is 3.02. The maximum absolute atomic E-state index is 4.12. The van der Waals surface area contributed by atoms with Crippen molar-refractivity contribution in [1.29, 1.82) is 0 Å².